The van der Waals surface area contributed by atoms with Gasteiger partial charge in [0.25, 0.3) is 5.91 Å². The molecule has 1 aromatic heterocycles. The Balaban J connectivity index is 1.26. The van der Waals surface area contributed by atoms with Crippen LogP contribution in [0.25, 0.3) is 0 Å². The van der Waals surface area contributed by atoms with Crippen molar-refractivity contribution in [3.63, 3.8) is 0 Å². The third-order valence-corrected chi connectivity index (χ3v) is 7.60. The van der Waals surface area contributed by atoms with Crippen molar-refractivity contribution < 1.29 is 14.3 Å². The van der Waals surface area contributed by atoms with E-state index in [-0.39, 0.29) is 30.6 Å². The minimum absolute atomic E-state index is 0.000701. The quantitative estimate of drug-likeness (QED) is 0.652. The van der Waals surface area contributed by atoms with E-state index in [1.165, 1.54) is 0 Å². The summed E-state index contributed by atoms with van der Waals surface area (Å²) in [5, 5.41) is 14.0. The molecule has 9 heteroatoms. The lowest BCUT2D eigenvalue weighted by Crippen LogP contribution is -2.50. The van der Waals surface area contributed by atoms with Gasteiger partial charge in [0.2, 0.25) is 5.91 Å². The molecule has 1 aromatic carbocycles. The summed E-state index contributed by atoms with van der Waals surface area (Å²) < 4.78 is 7.56. The molecule has 0 N–H and O–H groups in total. The molecule has 0 spiro atoms. The van der Waals surface area contributed by atoms with Gasteiger partial charge in [-0.3, -0.25) is 14.3 Å². The van der Waals surface area contributed by atoms with Crippen molar-refractivity contribution in [3.8, 4) is 6.07 Å². The van der Waals surface area contributed by atoms with Crippen LogP contribution in [0.15, 0.2) is 18.2 Å². The standard InChI is InChI=1S/C27H34N6O3/c1-18-15-32(16-19(2)36-18)27(35)26-22-7-5-9-24(22)33(29-26)17-25(34)31-12-10-30(11-13-31)23-8-4-6-21(14-28)20(23)3/h4,6,8,18-19H,5,7,9-13,15-17H2,1-3H3/t18-,19+. The number of nitrogens with zero attached hydrogens (tertiary/aromatic N) is 6. The predicted octanol–water partition coefficient (Wildman–Crippen LogP) is 2.15. The Morgan fingerprint density at radius 3 is 2.50 bits per heavy atom. The Morgan fingerprint density at radius 1 is 1.08 bits per heavy atom. The van der Waals surface area contributed by atoms with Crippen LogP contribution in [0.1, 0.15) is 53.1 Å². The summed E-state index contributed by atoms with van der Waals surface area (Å²) in [5.74, 6) is -0.0214. The number of ether oxygens (including phenoxy) is 1. The average molecular weight is 491 g/mol. The molecule has 2 atom stereocenters. The van der Waals surface area contributed by atoms with Crippen molar-refractivity contribution in [1.29, 1.82) is 5.26 Å². The first-order valence-corrected chi connectivity index (χ1v) is 12.9. The fraction of sp³-hybridized carbons (Fsp3) is 0.556. The van der Waals surface area contributed by atoms with Crippen LogP contribution in [-0.2, 0) is 28.9 Å². The number of piperazine rings is 1. The van der Waals surface area contributed by atoms with E-state index in [9.17, 15) is 14.9 Å². The molecule has 2 amide bonds. The minimum Gasteiger partial charge on any atom is -0.372 e. The van der Waals surface area contributed by atoms with Crippen molar-refractivity contribution in [1.82, 2.24) is 19.6 Å². The van der Waals surface area contributed by atoms with Crippen LogP contribution in [-0.4, -0.2) is 82.9 Å². The van der Waals surface area contributed by atoms with Gasteiger partial charge >= 0.3 is 0 Å². The molecule has 0 bridgehead atoms. The van der Waals surface area contributed by atoms with Crippen molar-refractivity contribution in [2.75, 3.05) is 44.2 Å². The van der Waals surface area contributed by atoms with E-state index in [1.807, 2.05) is 48.8 Å². The highest BCUT2D eigenvalue weighted by Gasteiger charge is 2.33. The Kier molecular flexibility index (Phi) is 6.71. The van der Waals surface area contributed by atoms with Crippen molar-refractivity contribution in [2.45, 2.75) is 58.8 Å². The second-order valence-corrected chi connectivity index (χ2v) is 10.2. The van der Waals surface area contributed by atoms with Gasteiger partial charge in [-0.05, 0) is 57.7 Å². The van der Waals surface area contributed by atoms with Crippen molar-refractivity contribution in [2.24, 2.45) is 0 Å². The zero-order valence-electron chi connectivity index (χ0n) is 21.4. The van der Waals surface area contributed by atoms with Gasteiger partial charge in [0.05, 0.1) is 23.8 Å². The summed E-state index contributed by atoms with van der Waals surface area (Å²) in [6, 6.07) is 8.03. The van der Waals surface area contributed by atoms with Gasteiger partial charge in [0.1, 0.15) is 6.54 Å². The molecule has 190 valence electrons. The van der Waals surface area contributed by atoms with Crippen LogP contribution in [0.3, 0.4) is 0 Å². The molecule has 2 fully saturated rings. The number of hydrogen-bond acceptors (Lipinski definition) is 6. The van der Waals surface area contributed by atoms with Crippen LogP contribution >= 0.6 is 0 Å². The van der Waals surface area contributed by atoms with E-state index in [2.05, 4.69) is 16.1 Å². The molecule has 3 heterocycles. The fourth-order valence-corrected chi connectivity index (χ4v) is 5.82. The van der Waals surface area contributed by atoms with E-state index >= 15 is 0 Å². The molecule has 3 aliphatic rings. The molecule has 2 saturated heterocycles. The summed E-state index contributed by atoms with van der Waals surface area (Å²) in [6.45, 7) is 9.90. The highest BCUT2D eigenvalue weighted by Crippen LogP contribution is 2.28. The van der Waals surface area contributed by atoms with Crippen LogP contribution in [0.4, 0.5) is 5.69 Å². The van der Waals surface area contributed by atoms with E-state index in [4.69, 9.17) is 4.74 Å². The SMILES string of the molecule is Cc1c(C#N)cccc1N1CCN(C(=O)Cn2nc(C(=O)N3C[C@@H](C)O[C@@H](C)C3)c3c2CCC3)CC1. The van der Waals surface area contributed by atoms with Gasteiger partial charge in [-0.15, -0.1) is 0 Å². The molecule has 5 rings (SSSR count). The number of carbonyl (C=O) groups is 2. The van der Waals surface area contributed by atoms with Gasteiger partial charge in [-0.2, -0.15) is 10.4 Å². The highest BCUT2D eigenvalue weighted by molar-refractivity contribution is 5.94. The van der Waals surface area contributed by atoms with E-state index < -0.39 is 0 Å². The zero-order valence-corrected chi connectivity index (χ0v) is 21.4. The topological polar surface area (TPSA) is 94.7 Å². The minimum atomic E-state index is -0.0510. The van der Waals surface area contributed by atoms with E-state index in [0.29, 0.717) is 37.4 Å². The number of benzene rings is 1. The number of morpholine rings is 1. The summed E-state index contributed by atoms with van der Waals surface area (Å²) >= 11 is 0. The van der Waals surface area contributed by atoms with E-state index in [1.54, 1.807) is 4.68 Å². The molecule has 0 unspecified atom stereocenters. The van der Waals surface area contributed by atoms with Gasteiger partial charge < -0.3 is 19.4 Å². The Hall–Kier alpha value is -3.38. The first kappa shape index (κ1) is 24.3. The second kappa shape index (κ2) is 9.94. The van der Waals surface area contributed by atoms with Crippen molar-refractivity contribution in [3.05, 3.63) is 46.3 Å². The lowest BCUT2D eigenvalue weighted by atomic mass is 10.1. The molecule has 2 aromatic rings. The third-order valence-electron chi connectivity index (χ3n) is 7.60. The first-order valence-electron chi connectivity index (χ1n) is 12.9. The van der Waals surface area contributed by atoms with Gasteiger partial charge in [-0.1, -0.05) is 6.07 Å². The smallest absolute Gasteiger partial charge is 0.274 e. The van der Waals surface area contributed by atoms with Gasteiger partial charge in [-0.25, -0.2) is 0 Å². The lowest BCUT2D eigenvalue weighted by Gasteiger charge is -2.37. The number of rotatable bonds is 4. The van der Waals surface area contributed by atoms with Gasteiger partial charge in [0.15, 0.2) is 5.69 Å². The Morgan fingerprint density at radius 2 is 1.81 bits per heavy atom. The number of fused-ring (bicyclic) bond motifs is 1. The molecule has 0 radical (unpaired) electrons. The van der Waals surface area contributed by atoms with Gasteiger partial charge in [0, 0.05) is 56.2 Å². The second-order valence-electron chi connectivity index (χ2n) is 10.2. The number of anilines is 1. The maximum atomic E-state index is 13.4. The molecule has 36 heavy (non-hydrogen) atoms. The van der Waals surface area contributed by atoms with Crippen LogP contribution in [0.5, 0.6) is 0 Å². The lowest BCUT2D eigenvalue weighted by molar-refractivity contribution is -0.132. The molecule has 1 aliphatic carbocycles. The predicted molar refractivity (Wildman–Crippen MR) is 135 cm³/mol. The molecule has 2 aliphatic heterocycles. The number of nitriles is 1. The largest absolute Gasteiger partial charge is 0.372 e. The normalized spacial score (nSPS) is 21.9. The molecular formula is C27H34N6O3. The monoisotopic (exact) mass is 490 g/mol. The first-order chi connectivity index (χ1) is 17.4. The molecule has 0 saturated carbocycles. The van der Waals surface area contributed by atoms with E-state index in [0.717, 1.165) is 54.9 Å². The van der Waals surface area contributed by atoms with Crippen molar-refractivity contribution >= 4 is 17.5 Å². The van der Waals surface area contributed by atoms with Crippen LogP contribution < -0.4 is 4.90 Å². The molecule has 9 nitrogen and oxygen atoms in total. The molecular weight excluding hydrogens is 456 g/mol. The number of hydrogen-bond donors (Lipinski definition) is 0. The summed E-state index contributed by atoms with van der Waals surface area (Å²) in [4.78, 5) is 32.6. The maximum absolute atomic E-state index is 13.4. The summed E-state index contributed by atoms with van der Waals surface area (Å²) in [6.07, 6.45) is 2.66. The maximum Gasteiger partial charge on any atom is 0.274 e. The third kappa shape index (κ3) is 4.58. The Labute approximate surface area is 212 Å². The number of aromatic nitrogens is 2. The summed E-state index contributed by atoms with van der Waals surface area (Å²) in [7, 11) is 0. The zero-order chi connectivity index (χ0) is 25.4. The average Bonchev–Trinajstić information content (AvgIpc) is 3.47. The highest BCUT2D eigenvalue weighted by atomic mass is 16.5. The number of carbonyl (C=O) groups excluding carboxylic acids is 2. The van der Waals surface area contributed by atoms with Crippen LogP contribution in [0, 0.1) is 18.3 Å². The Bertz CT molecular complexity index is 1200. The number of amides is 2. The fourth-order valence-electron chi connectivity index (χ4n) is 5.82. The summed E-state index contributed by atoms with van der Waals surface area (Å²) in [5.41, 5.74) is 5.27. The van der Waals surface area contributed by atoms with Crippen LogP contribution in [0.2, 0.25) is 0 Å².